The van der Waals surface area contributed by atoms with Gasteiger partial charge in [-0.2, -0.15) is 0 Å². The number of hydrogen-bond donors (Lipinski definition) is 2. The molecule has 0 bridgehead atoms. The largest absolute Gasteiger partial charge is 0.481 e. The molecule has 0 radical (unpaired) electrons. The van der Waals surface area contributed by atoms with Crippen molar-refractivity contribution in [3.05, 3.63) is 29.3 Å². The molecule has 7 heteroatoms. The first-order valence-corrected chi connectivity index (χ1v) is 11.5. The van der Waals surface area contributed by atoms with Crippen molar-refractivity contribution in [2.45, 2.75) is 71.3 Å². The fourth-order valence-corrected chi connectivity index (χ4v) is 4.62. The van der Waals surface area contributed by atoms with Crippen LogP contribution in [0.15, 0.2) is 23.7 Å². The summed E-state index contributed by atoms with van der Waals surface area (Å²) in [7, 11) is 0. The summed E-state index contributed by atoms with van der Waals surface area (Å²) in [5, 5.41) is 21.5. The van der Waals surface area contributed by atoms with E-state index in [1.807, 2.05) is 6.92 Å². The lowest BCUT2D eigenvalue weighted by molar-refractivity contribution is -0.137. The third kappa shape index (κ3) is 5.92. The van der Waals surface area contributed by atoms with Gasteiger partial charge >= 0.3 is 5.97 Å². The van der Waals surface area contributed by atoms with Gasteiger partial charge in [0.15, 0.2) is 0 Å². The van der Waals surface area contributed by atoms with Gasteiger partial charge in [0.1, 0.15) is 5.51 Å². The van der Waals surface area contributed by atoms with E-state index >= 15 is 0 Å². The minimum absolute atomic E-state index is 0.0512. The number of carboxylic acids is 1. The van der Waals surface area contributed by atoms with Crippen molar-refractivity contribution in [2.24, 2.45) is 5.92 Å². The average molecular weight is 417 g/mol. The summed E-state index contributed by atoms with van der Waals surface area (Å²) in [6, 6.07) is 6.89. The lowest BCUT2D eigenvalue weighted by Crippen LogP contribution is -2.39. The second kappa shape index (κ2) is 10.1. The summed E-state index contributed by atoms with van der Waals surface area (Å²) >= 11 is 1.47. The Morgan fingerprint density at radius 2 is 2.03 bits per heavy atom. The van der Waals surface area contributed by atoms with Gasteiger partial charge in [-0.15, -0.1) is 10.2 Å². The van der Waals surface area contributed by atoms with Gasteiger partial charge in [0, 0.05) is 12.6 Å². The van der Waals surface area contributed by atoms with Crippen LogP contribution in [0.1, 0.15) is 70.8 Å². The first-order valence-electron chi connectivity index (χ1n) is 10.6. The number of anilines is 3. The Morgan fingerprint density at radius 1 is 1.28 bits per heavy atom. The summed E-state index contributed by atoms with van der Waals surface area (Å²) in [5.74, 6) is -0.273. The number of nitrogens with one attached hydrogen (secondary N) is 1. The van der Waals surface area contributed by atoms with Crippen LogP contribution in [0.25, 0.3) is 0 Å². The van der Waals surface area contributed by atoms with E-state index in [1.165, 1.54) is 49.1 Å². The molecule has 3 rings (SSSR count). The zero-order valence-corrected chi connectivity index (χ0v) is 18.4. The zero-order valence-electron chi connectivity index (χ0n) is 17.6. The number of carbonyl (C=O) groups is 1. The third-order valence-electron chi connectivity index (χ3n) is 5.56. The quantitative estimate of drug-likeness (QED) is 0.549. The molecule has 1 heterocycles. The van der Waals surface area contributed by atoms with Crippen molar-refractivity contribution in [3.63, 3.8) is 0 Å². The highest BCUT2D eigenvalue weighted by Gasteiger charge is 2.25. The van der Waals surface area contributed by atoms with E-state index < -0.39 is 5.97 Å². The zero-order chi connectivity index (χ0) is 20.8. The summed E-state index contributed by atoms with van der Waals surface area (Å²) in [6.45, 7) is 7.48. The maximum Gasteiger partial charge on any atom is 0.303 e. The van der Waals surface area contributed by atoms with Gasteiger partial charge in [0.25, 0.3) is 0 Å². The van der Waals surface area contributed by atoms with Crippen LogP contribution in [0.4, 0.5) is 16.5 Å². The SMILES string of the molecule is CC(C)CN(c1ccc(C(C)CC(=O)O)cc1Nc1nncs1)C1CCCCC1. The molecular formula is C22H32N4O2S. The van der Waals surface area contributed by atoms with Crippen LogP contribution in [0, 0.1) is 5.92 Å². The van der Waals surface area contributed by atoms with Crippen molar-refractivity contribution in [3.8, 4) is 0 Å². The van der Waals surface area contributed by atoms with Crippen molar-refractivity contribution in [1.29, 1.82) is 0 Å². The molecule has 2 aromatic rings. The highest BCUT2D eigenvalue weighted by molar-refractivity contribution is 7.13. The molecule has 1 aromatic heterocycles. The number of rotatable bonds is 9. The number of nitrogens with zero attached hydrogens (tertiary/aromatic N) is 3. The Kier molecular flexibility index (Phi) is 7.47. The number of aliphatic carboxylic acids is 1. The van der Waals surface area contributed by atoms with Gasteiger partial charge in [-0.25, -0.2) is 0 Å². The second-order valence-electron chi connectivity index (χ2n) is 8.48. The monoisotopic (exact) mass is 416 g/mol. The van der Waals surface area contributed by atoms with Crippen LogP contribution in [0.5, 0.6) is 0 Å². The van der Waals surface area contributed by atoms with Gasteiger partial charge in [0.2, 0.25) is 5.13 Å². The van der Waals surface area contributed by atoms with Gasteiger partial charge < -0.3 is 15.3 Å². The van der Waals surface area contributed by atoms with Crippen LogP contribution >= 0.6 is 11.3 Å². The van der Waals surface area contributed by atoms with Crippen molar-refractivity contribution < 1.29 is 9.90 Å². The molecule has 0 saturated heterocycles. The molecule has 0 spiro atoms. The molecule has 1 aromatic carbocycles. The topological polar surface area (TPSA) is 78.4 Å². The van der Waals surface area contributed by atoms with Gasteiger partial charge in [-0.3, -0.25) is 4.79 Å². The molecule has 2 N–H and O–H groups in total. The fourth-order valence-electron chi connectivity index (χ4n) is 4.16. The van der Waals surface area contributed by atoms with Crippen LogP contribution in [0.2, 0.25) is 0 Å². The van der Waals surface area contributed by atoms with Crippen molar-refractivity contribution >= 4 is 33.8 Å². The molecule has 0 aliphatic heterocycles. The van der Waals surface area contributed by atoms with Gasteiger partial charge in [-0.1, -0.05) is 57.4 Å². The Balaban J connectivity index is 1.97. The van der Waals surface area contributed by atoms with E-state index in [1.54, 1.807) is 5.51 Å². The van der Waals surface area contributed by atoms with Gasteiger partial charge in [-0.05, 0) is 42.4 Å². The molecule has 0 amide bonds. The Bertz CT molecular complexity index is 788. The number of carboxylic acid groups (broad SMARTS) is 1. The van der Waals surface area contributed by atoms with E-state index in [9.17, 15) is 9.90 Å². The van der Waals surface area contributed by atoms with Crippen LogP contribution < -0.4 is 10.2 Å². The molecule has 1 aliphatic carbocycles. The molecular weight excluding hydrogens is 384 g/mol. The predicted molar refractivity (Wildman–Crippen MR) is 119 cm³/mol. The Labute approximate surface area is 177 Å². The normalized spacial score (nSPS) is 16.0. The van der Waals surface area contributed by atoms with Crippen LogP contribution in [-0.4, -0.2) is 33.9 Å². The molecule has 6 nitrogen and oxygen atoms in total. The summed E-state index contributed by atoms with van der Waals surface area (Å²) in [6.07, 6.45) is 6.46. The molecule has 158 valence electrons. The lowest BCUT2D eigenvalue weighted by Gasteiger charge is -2.38. The molecule has 1 unspecified atom stereocenters. The Hall–Kier alpha value is -2.15. The minimum atomic E-state index is -0.774. The lowest BCUT2D eigenvalue weighted by atomic mass is 9.92. The van der Waals surface area contributed by atoms with Gasteiger partial charge in [0.05, 0.1) is 17.8 Å². The smallest absolute Gasteiger partial charge is 0.303 e. The maximum atomic E-state index is 11.2. The number of benzene rings is 1. The van der Waals surface area contributed by atoms with Crippen molar-refractivity contribution in [2.75, 3.05) is 16.8 Å². The van der Waals surface area contributed by atoms with Crippen molar-refractivity contribution in [1.82, 2.24) is 10.2 Å². The maximum absolute atomic E-state index is 11.2. The first-order chi connectivity index (χ1) is 13.9. The molecule has 1 fully saturated rings. The first kappa shape index (κ1) is 21.6. The third-order valence-corrected chi connectivity index (χ3v) is 6.17. The van der Waals surface area contributed by atoms with Crippen LogP contribution in [-0.2, 0) is 4.79 Å². The second-order valence-corrected chi connectivity index (χ2v) is 9.32. The molecule has 1 saturated carbocycles. The summed E-state index contributed by atoms with van der Waals surface area (Å²) in [4.78, 5) is 13.7. The number of hydrogen-bond acceptors (Lipinski definition) is 6. The average Bonchev–Trinajstić information content (AvgIpc) is 3.19. The fraction of sp³-hybridized carbons (Fsp3) is 0.591. The van der Waals surface area contributed by atoms with E-state index in [0.717, 1.165) is 22.9 Å². The molecule has 1 aliphatic rings. The van der Waals surface area contributed by atoms with E-state index in [0.29, 0.717) is 12.0 Å². The highest BCUT2D eigenvalue weighted by atomic mass is 32.1. The Morgan fingerprint density at radius 3 is 2.66 bits per heavy atom. The summed E-state index contributed by atoms with van der Waals surface area (Å²) < 4.78 is 0. The van der Waals surface area contributed by atoms with E-state index in [4.69, 9.17) is 0 Å². The standard InChI is InChI=1S/C22H32N4O2S/c1-15(2)13-26(18-7-5-4-6-8-18)20-10-9-17(16(3)11-21(27)28)12-19(20)24-22-25-23-14-29-22/h9-10,12,14-16,18H,4-8,11,13H2,1-3H3,(H,24,25)(H,27,28). The van der Waals surface area contributed by atoms with E-state index in [-0.39, 0.29) is 12.3 Å². The highest BCUT2D eigenvalue weighted by Crippen LogP contribution is 2.37. The minimum Gasteiger partial charge on any atom is -0.481 e. The number of aromatic nitrogens is 2. The molecule has 29 heavy (non-hydrogen) atoms. The van der Waals surface area contributed by atoms with E-state index in [2.05, 4.69) is 52.5 Å². The summed E-state index contributed by atoms with van der Waals surface area (Å²) in [5.41, 5.74) is 4.90. The predicted octanol–water partition coefficient (Wildman–Crippen LogP) is 5.66. The molecule has 1 atom stereocenters. The van der Waals surface area contributed by atoms with Crippen LogP contribution in [0.3, 0.4) is 0 Å².